The molecular weight excluding hydrogens is 222 g/mol. The first-order valence-corrected chi connectivity index (χ1v) is 6.37. The molecule has 1 N–H and O–H groups in total. The summed E-state index contributed by atoms with van der Waals surface area (Å²) in [4.78, 5) is 8.33. The first-order chi connectivity index (χ1) is 7.74. The van der Waals surface area contributed by atoms with Crippen LogP contribution in [0.15, 0.2) is 6.07 Å². The summed E-state index contributed by atoms with van der Waals surface area (Å²) >= 11 is 5.87. The number of anilines is 1. The van der Waals surface area contributed by atoms with Crippen LogP contribution in [-0.4, -0.2) is 16.5 Å². The predicted octanol–water partition coefficient (Wildman–Crippen LogP) is 3.43. The van der Waals surface area contributed by atoms with Gasteiger partial charge in [0.05, 0.1) is 0 Å². The molecule has 0 unspecified atom stereocenters. The second-order valence-electron chi connectivity index (χ2n) is 4.49. The van der Waals surface area contributed by atoms with Crippen LogP contribution in [-0.2, 0) is 0 Å². The Bertz CT molecular complexity index is 328. The van der Waals surface area contributed by atoms with E-state index in [2.05, 4.69) is 15.3 Å². The van der Waals surface area contributed by atoms with Gasteiger partial charge in [-0.1, -0.05) is 37.3 Å². The summed E-state index contributed by atoms with van der Waals surface area (Å²) in [6.07, 6.45) is 6.84. The number of nitrogens with zero attached hydrogens (tertiary/aromatic N) is 2. The van der Waals surface area contributed by atoms with E-state index in [1.54, 1.807) is 6.07 Å². The Hall–Kier alpha value is -0.830. The fraction of sp³-hybridized carbons (Fsp3) is 0.667. The molecule has 0 bridgehead atoms. The molecule has 1 aromatic rings. The van der Waals surface area contributed by atoms with Gasteiger partial charge in [-0.05, 0) is 19.3 Å². The lowest BCUT2D eigenvalue weighted by Crippen LogP contribution is -2.08. The van der Waals surface area contributed by atoms with Crippen LogP contribution in [0.5, 0.6) is 0 Å². The van der Waals surface area contributed by atoms with Crippen LogP contribution in [0.3, 0.4) is 0 Å². The number of aryl methyl sites for hydroxylation is 1. The molecule has 1 aliphatic carbocycles. The Balaban J connectivity index is 1.80. The highest BCUT2D eigenvalue weighted by Gasteiger charge is 2.14. The molecule has 1 aliphatic rings. The summed E-state index contributed by atoms with van der Waals surface area (Å²) in [5, 5.41) is 3.83. The number of hydrogen-bond acceptors (Lipinski definition) is 3. The van der Waals surface area contributed by atoms with Crippen molar-refractivity contribution in [1.82, 2.24) is 9.97 Å². The Morgan fingerprint density at radius 3 is 2.81 bits per heavy atom. The Kier molecular flexibility index (Phi) is 3.99. The van der Waals surface area contributed by atoms with Gasteiger partial charge < -0.3 is 5.32 Å². The van der Waals surface area contributed by atoms with Gasteiger partial charge in [0.15, 0.2) is 0 Å². The topological polar surface area (TPSA) is 37.8 Å². The molecule has 1 aromatic heterocycles. The quantitative estimate of drug-likeness (QED) is 0.818. The smallest absolute Gasteiger partial charge is 0.134 e. The lowest BCUT2D eigenvalue weighted by molar-refractivity contribution is 0.518. The summed E-state index contributed by atoms with van der Waals surface area (Å²) in [5.74, 6) is 2.47. The van der Waals surface area contributed by atoms with Gasteiger partial charge >= 0.3 is 0 Å². The molecule has 0 aliphatic heterocycles. The molecule has 4 heteroatoms. The van der Waals surface area contributed by atoms with E-state index in [1.165, 1.54) is 32.1 Å². The van der Waals surface area contributed by atoms with Crippen molar-refractivity contribution >= 4 is 17.4 Å². The molecule has 0 atom stereocenters. The zero-order valence-electron chi connectivity index (χ0n) is 9.67. The summed E-state index contributed by atoms with van der Waals surface area (Å²) < 4.78 is 0. The van der Waals surface area contributed by atoms with Crippen LogP contribution in [0.4, 0.5) is 5.82 Å². The third-order valence-electron chi connectivity index (χ3n) is 3.14. The van der Waals surface area contributed by atoms with Crippen molar-refractivity contribution in [3.8, 4) is 0 Å². The molecule has 0 saturated heterocycles. The number of aromatic nitrogens is 2. The summed E-state index contributed by atoms with van der Waals surface area (Å²) in [6, 6.07) is 1.78. The first kappa shape index (κ1) is 11.6. The second kappa shape index (κ2) is 5.48. The van der Waals surface area contributed by atoms with Crippen LogP contribution in [0.25, 0.3) is 0 Å². The van der Waals surface area contributed by atoms with E-state index in [4.69, 9.17) is 11.6 Å². The van der Waals surface area contributed by atoms with Gasteiger partial charge in [0.2, 0.25) is 0 Å². The Morgan fingerprint density at radius 1 is 1.38 bits per heavy atom. The Morgan fingerprint density at radius 2 is 2.12 bits per heavy atom. The van der Waals surface area contributed by atoms with Crippen LogP contribution >= 0.6 is 11.6 Å². The molecule has 0 aromatic carbocycles. The average molecular weight is 240 g/mol. The molecule has 1 saturated carbocycles. The van der Waals surface area contributed by atoms with E-state index in [0.717, 1.165) is 24.1 Å². The number of halogens is 1. The Labute approximate surface area is 102 Å². The maximum Gasteiger partial charge on any atom is 0.134 e. The molecule has 1 heterocycles. The van der Waals surface area contributed by atoms with Crippen molar-refractivity contribution in [2.75, 3.05) is 11.9 Å². The van der Waals surface area contributed by atoms with E-state index in [1.807, 2.05) is 6.92 Å². The largest absolute Gasteiger partial charge is 0.370 e. The predicted molar refractivity (Wildman–Crippen MR) is 66.8 cm³/mol. The van der Waals surface area contributed by atoms with Gasteiger partial charge in [0.1, 0.15) is 16.8 Å². The van der Waals surface area contributed by atoms with E-state index in [0.29, 0.717) is 5.15 Å². The highest BCUT2D eigenvalue weighted by molar-refractivity contribution is 6.29. The molecular formula is C12H18ClN3. The first-order valence-electron chi connectivity index (χ1n) is 5.99. The number of nitrogens with one attached hydrogen (secondary N) is 1. The molecule has 0 radical (unpaired) electrons. The average Bonchev–Trinajstić information content (AvgIpc) is 2.69. The summed E-state index contributed by atoms with van der Waals surface area (Å²) in [5.41, 5.74) is 0. The molecule has 0 amide bonds. The maximum absolute atomic E-state index is 5.87. The van der Waals surface area contributed by atoms with Crippen LogP contribution in [0, 0.1) is 12.8 Å². The van der Waals surface area contributed by atoms with Crippen LogP contribution in [0.2, 0.25) is 5.15 Å². The zero-order chi connectivity index (χ0) is 11.4. The zero-order valence-corrected chi connectivity index (χ0v) is 10.4. The van der Waals surface area contributed by atoms with Crippen molar-refractivity contribution in [2.24, 2.45) is 5.92 Å². The maximum atomic E-state index is 5.87. The van der Waals surface area contributed by atoms with Gasteiger partial charge in [-0.25, -0.2) is 9.97 Å². The molecule has 88 valence electrons. The summed E-state index contributed by atoms with van der Waals surface area (Å²) in [6.45, 7) is 2.84. The fourth-order valence-corrected chi connectivity index (χ4v) is 2.55. The third kappa shape index (κ3) is 3.34. The van der Waals surface area contributed by atoms with Crippen molar-refractivity contribution in [3.05, 3.63) is 17.0 Å². The van der Waals surface area contributed by atoms with Crippen molar-refractivity contribution in [3.63, 3.8) is 0 Å². The molecule has 0 spiro atoms. The minimum absolute atomic E-state index is 0.510. The van der Waals surface area contributed by atoms with Gasteiger partial charge in [-0.15, -0.1) is 0 Å². The highest BCUT2D eigenvalue weighted by atomic mass is 35.5. The normalized spacial score (nSPS) is 16.6. The van der Waals surface area contributed by atoms with Gasteiger partial charge in [0, 0.05) is 12.6 Å². The monoisotopic (exact) mass is 239 g/mol. The lowest BCUT2D eigenvalue weighted by atomic mass is 10.0. The molecule has 3 nitrogen and oxygen atoms in total. The van der Waals surface area contributed by atoms with E-state index >= 15 is 0 Å². The number of hydrogen-bond donors (Lipinski definition) is 1. The lowest BCUT2D eigenvalue weighted by Gasteiger charge is -2.10. The number of rotatable bonds is 4. The SMILES string of the molecule is Cc1nc(Cl)cc(NCCC2CCCC2)n1. The van der Waals surface area contributed by atoms with Crippen LogP contribution < -0.4 is 5.32 Å². The minimum atomic E-state index is 0.510. The van der Waals surface area contributed by atoms with Crippen molar-refractivity contribution < 1.29 is 0 Å². The van der Waals surface area contributed by atoms with Gasteiger partial charge in [0.25, 0.3) is 0 Å². The highest BCUT2D eigenvalue weighted by Crippen LogP contribution is 2.27. The summed E-state index contributed by atoms with van der Waals surface area (Å²) in [7, 11) is 0. The molecule has 1 fully saturated rings. The van der Waals surface area contributed by atoms with E-state index < -0.39 is 0 Å². The van der Waals surface area contributed by atoms with Crippen molar-refractivity contribution in [2.45, 2.75) is 39.0 Å². The molecule has 16 heavy (non-hydrogen) atoms. The van der Waals surface area contributed by atoms with Gasteiger partial charge in [-0.2, -0.15) is 0 Å². The van der Waals surface area contributed by atoms with E-state index in [9.17, 15) is 0 Å². The van der Waals surface area contributed by atoms with Crippen molar-refractivity contribution in [1.29, 1.82) is 0 Å². The standard InChI is InChI=1S/C12H18ClN3/c1-9-15-11(13)8-12(16-9)14-7-6-10-4-2-3-5-10/h8,10H,2-7H2,1H3,(H,14,15,16). The molecule has 2 rings (SSSR count). The minimum Gasteiger partial charge on any atom is -0.370 e. The second-order valence-corrected chi connectivity index (χ2v) is 4.88. The van der Waals surface area contributed by atoms with E-state index in [-0.39, 0.29) is 0 Å². The fourth-order valence-electron chi connectivity index (χ4n) is 2.33. The van der Waals surface area contributed by atoms with Crippen LogP contribution in [0.1, 0.15) is 37.9 Å². The van der Waals surface area contributed by atoms with Gasteiger partial charge in [-0.3, -0.25) is 0 Å². The third-order valence-corrected chi connectivity index (χ3v) is 3.33.